The SMILES string of the molecule is NCC(CC1CC1)C(N)=O. The Morgan fingerprint density at radius 3 is 2.50 bits per heavy atom. The first kappa shape index (κ1) is 7.54. The molecule has 0 heterocycles. The van der Waals surface area contributed by atoms with E-state index >= 15 is 0 Å². The van der Waals surface area contributed by atoms with Gasteiger partial charge in [-0.25, -0.2) is 0 Å². The molecule has 1 saturated carbocycles. The Labute approximate surface area is 60.8 Å². The smallest absolute Gasteiger partial charge is 0.221 e. The van der Waals surface area contributed by atoms with E-state index in [4.69, 9.17) is 11.5 Å². The molecule has 4 N–H and O–H groups in total. The minimum atomic E-state index is -0.241. The first-order valence-corrected chi connectivity index (χ1v) is 3.73. The van der Waals surface area contributed by atoms with Gasteiger partial charge in [0.1, 0.15) is 0 Å². The van der Waals surface area contributed by atoms with Gasteiger partial charge in [0.2, 0.25) is 5.91 Å². The highest BCUT2D eigenvalue weighted by Gasteiger charge is 2.27. The fourth-order valence-electron chi connectivity index (χ4n) is 1.08. The van der Waals surface area contributed by atoms with Crippen molar-refractivity contribution in [2.75, 3.05) is 6.54 Å². The lowest BCUT2D eigenvalue weighted by atomic mass is 10.0. The summed E-state index contributed by atoms with van der Waals surface area (Å²) < 4.78 is 0. The Balaban J connectivity index is 2.24. The van der Waals surface area contributed by atoms with E-state index in [0.29, 0.717) is 6.54 Å². The Morgan fingerprint density at radius 1 is 1.60 bits per heavy atom. The number of carbonyl (C=O) groups is 1. The van der Waals surface area contributed by atoms with Crippen molar-refractivity contribution in [3.05, 3.63) is 0 Å². The number of hydrogen-bond acceptors (Lipinski definition) is 2. The van der Waals surface area contributed by atoms with Gasteiger partial charge in [0.05, 0.1) is 5.92 Å². The van der Waals surface area contributed by atoms with Crippen LogP contribution in [-0.4, -0.2) is 12.5 Å². The lowest BCUT2D eigenvalue weighted by Crippen LogP contribution is -2.30. The lowest BCUT2D eigenvalue weighted by molar-refractivity contribution is -0.121. The van der Waals surface area contributed by atoms with Crippen LogP contribution in [-0.2, 0) is 4.79 Å². The summed E-state index contributed by atoms with van der Waals surface area (Å²) >= 11 is 0. The molecule has 1 aliphatic rings. The van der Waals surface area contributed by atoms with Crippen LogP contribution < -0.4 is 11.5 Å². The average Bonchev–Trinajstić information content (AvgIpc) is 2.64. The Bertz CT molecular complexity index is 132. The van der Waals surface area contributed by atoms with E-state index in [2.05, 4.69) is 0 Å². The normalized spacial score (nSPS) is 20.5. The zero-order valence-electron chi connectivity index (χ0n) is 6.05. The summed E-state index contributed by atoms with van der Waals surface area (Å²) in [5.74, 6) is 0.419. The van der Waals surface area contributed by atoms with Crippen molar-refractivity contribution in [1.29, 1.82) is 0 Å². The molecular formula is C7H14N2O. The number of rotatable bonds is 4. The molecule has 0 aromatic rings. The molecule has 0 radical (unpaired) electrons. The maximum Gasteiger partial charge on any atom is 0.221 e. The fourth-order valence-corrected chi connectivity index (χ4v) is 1.08. The van der Waals surface area contributed by atoms with Crippen LogP contribution in [0.5, 0.6) is 0 Å². The summed E-state index contributed by atoms with van der Waals surface area (Å²) in [4.78, 5) is 10.6. The first-order chi connectivity index (χ1) is 4.74. The van der Waals surface area contributed by atoms with Crippen molar-refractivity contribution in [3.63, 3.8) is 0 Å². The van der Waals surface area contributed by atoms with E-state index in [1.165, 1.54) is 12.8 Å². The Morgan fingerprint density at radius 2 is 2.20 bits per heavy atom. The first-order valence-electron chi connectivity index (χ1n) is 3.73. The second kappa shape index (κ2) is 3.01. The number of primary amides is 1. The van der Waals surface area contributed by atoms with Gasteiger partial charge in [-0.1, -0.05) is 12.8 Å². The van der Waals surface area contributed by atoms with Crippen molar-refractivity contribution in [3.8, 4) is 0 Å². The van der Waals surface area contributed by atoms with E-state index in [1.807, 2.05) is 0 Å². The summed E-state index contributed by atoms with van der Waals surface area (Å²) in [6.45, 7) is 0.409. The maximum atomic E-state index is 10.6. The molecule has 1 amide bonds. The van der Waals surface area contributed by atoms with E-state index in [0.717, 1.165) is 12.3 Å². The summed E-state index contributed by atoms with van der Waals surface area (Å²) in [5, 5.41) is 0. The third-order valence-corrected chi connectivity index (χ3v) is 2.00. The van der Waals surface area contributed by atoms with Gasteiger partial charge in [0.15, 0.2) is 0 Å². The summed E-state index contributed by atoms with van der Waals surface area (Å²) in [5.41, 5.74) is 10.5. The molecule has 1 rings (SSSR count). The number of nitrogens with two attached hydrogens (primary N) is 2. The molecule has 1 aliphatic carbocycles. The van der Waals surface area contributed by atoms with Crippen LogP contribution in [0.3, 0.4) is 0 Å². The van der Waals surface area contributed by atoms with E-state index in [-0.39, 0.29) is 11.8 Å². The molecule has 3 heteroatoms. The summed E-state index contributed by atoms with van der Waals surface area (Å²) in [6.07, 6.45) is 3.42. The van der Waals surface area contributed by atoms with Gasteiger partial charge >= 0.3 is 0 Å². The molecule has 1 unspecified atom stereocenters. The van der Waals surface area contributed by atoms with Crippen LogP contribution in [0.2, 0.25) is 0 Å². The van der Waals surface area contributed by atoms with Crippen molar-refractivity contribution in [2.24, 2.45) is 23.3 Å². The van der Waals surface area contributed by atoms with Crippen LogP contribution in [0.25, 0.3) is 0 Å². The van der Waals surface area contributed by atoms with E-state index < -0.39 is 0 Å². The van der Waals surface area contributed by atoms with Crippen LogP contribution in [0.4, 0.5) is 0 Å². The summed E-state index contributed by atoms with van der Waals surface area (Å²) in [7, 11) is 0. The standard InChI is InChI=1S/C7H14N2O/c8-4-6(7(9)10)3-5-1-2-5/h5-6H,1-4,8H2,(H2,9,10). The Hall–Kier alpha value is -0.570. The zero-order valence-corrected chi connectivity index (χ0v) is 6.05. The van der Waals surface area contributed by atoms with E-state index in [1.54, 1.807) is 0 Å². The van der Waals surface area contributed by atoms with Crippen LogP contribution in [0, 0.1) is 11.8 Å². The average molecular weight is 142 g/mol. The fraction of sp³-hybridized carbons (Fsp3) is 0.857. The van der Waals surface area contributed by atoms with Crippen LogP contribution in [0.1, 0.15) is 19.3 Å². The van der Waals surface area contributed by atoms with Gasteiger partial charge in [-0.3, -0.25) is 4.79 Å². The Kier molecular flexibility index (Phi) is 2.27. The molecule has 0 bridgehead atoms. The molecule has 10 heavy (non-hydrogen) atoms. The molecule has 58 valence electrons. The molecule has 0 aliphatic heterocycles. The third-order valence-electron chi connectivity index (χ3n) is 2.00. The van der Waals surface area contributed by atoms with E-state index in [9.17, 15) is 4.79 Å². The molecule has 0 spiro atoms. The van der Waals surface area contributed by atoms with Gasteiger partial charge in [0, 0.05) is 6.54 Å². The van der Waals surface area contributed by atoms with Crippen LogP contribution in [0.15, 0.2) is 0 Å². The van der Waals surface area contributed by atoms with Gasteiger partial charge < -0.3 is 11.5 Å². The number of hydrogen-bond donors (Lipinski definition) is 2. The van der Waals surface area contributed by atoms with Crippen molar-refractivity contribution in [1.82, 2.24) is 0 Å². The minimum Gasteiger partial charge on any atom is -0.369 e. The van der Waals surface area contributed by atoms with Gasteiger partial charge in [0.25, 0.3) is 0 Å². The highest BCUT2D eigenvalue weighted by Crippen LogP contribution is 2.34. The quantitative estimate of drug-likeness (QED) is 0.573. The highest BCUT2D eigenvalue weighted by atomic mass is 16.1. The molecule has 0 aromatic carbocycles. The van der Waals surface area contributed by atoms with Gasteiger partial charge in [-0.05, 0) is 12.3 Å². The zero-order chi connectivity index (χ0) is 7.56. The molecule has 0 saturated heterocycles. The summed E-state index contributed by atoms with van der Waals surface area (Å²) in [6, 6.07) is 0. The minimum absolute atomic E-state index is 0.0764. The number of amides is 1. The van der Waals surface area contributed by atoms with Crippen molar-refractivity contribution < 1.29 is 4.79 Å². The lowest BCUT2D eigenvalue weighted by Gasteiger charge is -2.07. The predicted octanol–water partition coefficient (Wildman–Crippen LogP) is -0.153. The van der Waals surface area contributed by atoms with Gasteiger partial charge in [-0.2, -0.15) is 0 Å². The number of carbonyl (C=O) groups excluding carboxylic acids is 1. The van der Waals surface area contributed by atoms with Crippen molar-refractivity contribution in [2.45, 2.75) is 19.3 Å². The monoisotopic (exact) mass is 142 g/mol. The van der Waals surface area contributed by atoms with Gasteiger partial charge in [-0.15, -0.1) is 0 Å². The predicted molar refractivity (Wildman–Crippen MR) is 39.1 cm³/mol. The molecular weight excluding hydrogens is 128 g/mol. The highest BCUT2D eigenvalue weighted by molar-refractivity contribution is 5.76. The second-order valence-corrected chi connectivity index (χ2v) is 3.01. The second-order valence-electron chi connectivity index (χ2n) is 3.01. The largest absolute Gasteiger partial charge is 0.369 e. The molecule has 3 nitrogen and oxygen atoms in total. The molecule has 1 fully saturated rings. The van der Waals surface area contributed by atoms with Crippen molar-refractivity contribution >= 4 is 5.91 Å². The topological polar surface area (TPSA) is 69.1 Å². The maximum absolute atomic E-state index is 10.6. The molecule has 0 aromatic heterocycles. The third kappa shape index (κ3) is 1.99. The van der Waals surface area contributed by atoms with Crippen LogP contribution >= 0.6 is 0 Å². The molecule has 1 atom stereocenters.